The first-order valence-electron chi connectivity index (χ1n) is 7.71. The van der Waals surface area contributed by atoms with Gasteiger partial charge in [0.15, 0.2) is 0 Å². The maximum atomic E-state index is 13.7. The fourth-order valence-electron chi connectivity index (χ4n) is 3.52. The molecular weight excluding hydrogens is 275 g/mol. The number of rotatable bonds is 1. The van der Waals surface area contributed by atoms with Crippen LogP contribution in [0.4, 0.5) is 4.39 Å². The molecule has 0 atom stereocenters. The number of halogens is 1. The molecule has 0 aliphatic carbocycles. The van der Waals surface area contributed by atoms with Gasteiger partial charge in [0.1, 0.15) is 5.82 Å². The van der Waals surface area contributed by atoms with E-state index in [4.69, 9.17) is 0 Å². The molecule has 0 amide bonds. The number of hydrogen-bond acceptors (Lipinski definition) is 1. The van der Waals surface area contributed by atoms with Gasteiger partial charge in [-0.3, -0.25) is 0 Å². The van der Waals surface area contributed by atoms with E-state index in [-0.39, 0.29) is 5.82 Å². The third kappa shape index (κ3) is 2.04. The largest absolute Gasteiger partial charge is 0.313 e. The summed E-state index contributed by atoms with van der Waals surface area (Å²) in [6, 6.07) is 13.4. The van der Waals surface area contributed by atoms with E-state index in [0.717, 1.165) is 25.2 Å². The van der Waals surface area contributed by atoms with Crippen LogP contribution in [0.25, 0.3) is 16.6 Å². The molecule has 0 unspecified atom stereocenters. The van der Waals surface area contributed by atoms with Gasteiger partial charge in [-0.05, 0) is 49.9 Å². The Kier molecular flexibility index (Phi) is 3.05. The Morgan fingerprint density at radius 2 is 1.95 bits per heavy atom. The van der Waals surface area contributed by atoms with Crippen molar-refractivity contribution in [3.05, 3.63) is 65.1 Å². The third-order valence-electron chi connectivity index (χ3n) is 4.56. The van der Waals surface area contributed by atoms with Gasteiger partial charge in [-0.15, -0.1) is 0 Å². The van der Waals surface area contributed by atoms with Crippen LogP contribution in [0.5, 0.6) is 0 Å². The molecule has 3 aromatic rings. The van der Waals surface area contributed by atoms with Gasteiger partial charge in [-0.1, -0.05) is 17.7 Å². The van der Waals surface area contributed by atoms with Gasteiger partial charge in [0.2, 0.25) is 0 Å². The van der Waals surface area contributed by atoms with E-state index < -0.39 is 0 Å². The zero-order valence-corrected chi connectivity index (χ0v) is 12.9. The van der Waals surface area contributed by atoms with E-state index >= 15 is 0 Å². The summed E-state index contributed by atoms with van der Waals surface area (Å²) < 4.78 is 15.9. The van der Waals surface area contributed by atoms with Gasteiger partial charge in [-0.2, -0.15) is 0 Å². The smallest absolute Gasteiger partial charge is 0.125 e. The van der Waals surface area contributed by atoms with E-state index in [9.17, 15) is 4.39 Å². The summed E-state index contributed by atoms with van der Waals surface area (Å²) in [6.07, 6.45) is 0.996. The van der Waals surface area contributed by atoms with Crippen LogP contribution in [0.15, 0.2) is 42.5 Å². The molecule has 1 aromatic heterocycles. The molecular formula is C19H19FN2. The predicted molar refractivity (Wildman–Crippen MR) is 88.0 cm³/mol. The first-order valence-corrected chi connectivity index (χ1v) is 7.71. The van der Waals surface area contributed by atoms with E-state index in [1.54, 1.807) is 12.1 Å². The molecule has 0 spiro atoms. The van der Waals surface area contributed by atoms with Crippen LogP contribution in [-0.4, -0.2) is 23.1 Å². The molecule has 1 aliphatic heterocycles. The molecule has 2 aromatic carbocycles. The second-order valence-electron chi connectivity index (χ2n) is 6.25. The van der Waals surface area contributed by atoms with Crippen molar-refractivity contribution in [3.63, 3.8) is 0 Å². The monoisotopic (exact) mass is 294 g/mol. The molecule has 112 valence electrons. The van der Waals surface area contributed by atoms with Gasteiger partial charge in [-0.25, -0.2) is 4.39 Å². The normalized spacial score (nSPS) is 15.2. The highest BCUT2D eigenvalue weighted by atomic mass is 19.1. The molecule has 0 saturated carbocycles. The number of fused-ring (bicyclic) bond motifs is 3. The van der Waals surface area contributed by atoms with E-state index in [1.165, 1.54) is 33.8 Å². The minimum atomic E-state index is -0.187. The van der Waals surface area contributed by atoms with Crippen LogP contribution in [-0.2, 0) is 13.0 Å². The molecule has 1 aliphatic rings. The maximum absolute atomic E-state index is 13.7. The molecule has 0 fully saturated rings. The van der Waals surface area contributed by atoms with Gasteiger partial charge >= 0.3 is 0 Å². The summed E-state index contributed by atoms with van der Waals surface area (Å²) in [5, 5.41) is 1.30. The maximum Gasteiger partial charge on any atom is 0.125 e. The lowest BCUT2D eigenvalue weighted by molar-refractivity contribution is 0.311. The number of benzene rings is 2. The summed E-state index contributed by atoms with van der Waals surface area (Å²) in [6.45, 7) is 4.12. The lowest BCUT2D eigenvalue weighted by Gasteiger charge is -2.24. The number of nitrogens with zero attached hydrogens (tertiary/aromatic N) is 2. The zero-order valence-electron chi connectivity index (χ0n) is 12.9. The van der Waals surface area contributed by atoms with E-state index in [2.05, 4.69) is 41.6 Å². The SMILES string of the molecule is Cc1ccc2c(c1)c1c(n2-c2cccc(F)c2)CCN(C)C1. The van der Waals surface area contributed by atoms with Gasteiger partial charge in [0, 0.05) is 36.3 Å². The van der Waals surface area contributed by atoms with Crippen LogP contribution in [0.3, 0.4) is 0 Å². The van der Waals surface area contributed by atoms with E-state index in [0.29, 0.717) is 0 Å². The van der Waals surface area contributed by atoms with Crippen molar-refractivity contribution >= 4 is 10.9 Å². The summed E-state index contributed by atoms with van der Waals surface area (Å²) in [5.41, 5.74) is 6.07. The number of likely N-dealkylation sites (N-methyl/N-ethyl adjacent to an activating group) is 1. The minimum Gasteiger partial charge on any atom is -0.313 e. The van der Waals surface area contributed by atoms with Gasteiger partial charge in [0.25, 0.3) is 0 Å². The van der Waals surface area contributed by atoms with Crippen LogP contribution >= 0.6 is 0 Å². The molecule has 2 heterocycles. The average Bonchev–Trinajstić information content (AvgIpc) is 2.80. The first kappa shape index (κ1) is 13.5. The van der Waals surface area contributed by atoms with Crippen molar-refractivity contribution in [1.29, 1.82) is 0 Å². The first-order chi connectivity index (χ1) is 10.6. The Labute approximate surface area is 129 Å². The lowest BCUT2D eigenvalue weighted by atomic mass is 10.0. The molecule has 0 saturated heterocycles. The molecule has 3 heteroatoms. The fourth-order valence-corrected chi connectivity index (χ4v) is 3.52. The van der Waals surface area contributed by atoms with Crippen LogP contribution in [0.1, 0.15) is 16.8 Å². The van der Waals surface area contributed by atoms with Crippen molar-refractivity contribution in [2.45, 2.75) is 19.9 Å². The van der Waals surface area contributed by atoms with Crippen molar-refractivity contribution in [1.82, 2.24) is 9.47 Å². The third-order valence-corrected chi connectivity index (χ3v) is 4.56. The Bertz CT molecular complexity index is 863. The van der Waals surface area contributed by atoms with E-state index in [1.807, 2.05) is 6.07 Å². The topological polar surface area (TPSA) is 8.17 Å². The van der Waals surface area contributed by atoms with Crippen molar-refractivity contribution in [2.75, 3.05) is 13.6 Å². The van der Waals surface area contributed by atoms with Crippen LogP contribution < -0.4 is 0 Å². The molecule has 0 bridgehead atoms. The average molecular weight is 294 g/mol. The van der Waals surface area contributed by atoms with Crippen molar-refractivity contribution in [3.8, 4) is 5.69 Å². The summed E-state index contributed by atoms with van der Waals surface area (Å²) in [5.74, 6) is -0.187. The highest BCUT2D eigenvalue weighted by molar-refractivity contribution is 5.88. The fraction of sp³-hybridized carbons (Fsp3) is 0.263. The number of hydrogen-bond donors (Lipinski definition) is 0. The van der Waals surface area contributed by atoms with Crippen LogP contribution in [0.2, 0.25) is 0 Å². The number of aryl methyl sites for hydroxylation is 1. The Hall–Kier alpha value is -2.13. The lowest BCUT2D eigenvalue weighted by Crippen LogP contribution is -2.27. The molecule has 0 N–H and O–H groups in total. The Balaban J connectivity index is 2.06. The second-order valence-corrected chi connectivity index (χ2v) is 6.25. The zero-order chi connectivity index (χ0) is 15.3. The van der Waals surface area contributed by atoms with Crippen molar-refractivity contribution in [2.24, 2.45) is 0 Å². The van der Waals surface area contributed by atoms with Gasteiger partial charge in [0.05, 0.1) is 5.52 Å². The van der Waals surface area contributed by atoms with Crippen molar-refractivity contribution < 1.29 is 4.39 Å². The molecule has 0 radical (unpaired) electrons. The molecule has 2 nitrogen and oxygen atoms in total. The number of aromatic nitrogens is 1. The van der Waals surface area contributed by atoms with Crippen LogP contribution in [0, 0.1) is 12.7 Å². The highest BCUT2D eigenvalue weighted by Gasteiger charge is 2.23. The molecule has 22 heavy (non-hydrogen) atoms. The summed E-state index contributed by atoms with van der Waals surface area (Å²) in [7, 11) is 2.16. The van der Waals surface area contributed by atoms with Gasteiger partial charge < -0.3 is 9.47 Å². The predicted octanol–water partition coefficient (Wildman–Crippen LogP) is 4.07. The summed E-state index contributed by atoms with van der Waals surface area (Å²) in [4.78, 5) is 2.35. The standard InChI is InChI=1S/C19H19FN2/c1-13-6-7-18-16(10-13)17-12-21(2)9-8-19(17)22(18)15-5-3-4-14(20)11-15/h3-7,10-11H,8-9,12H2,1-2H3. The second kappa shape index (κ2) is 4.96. The summed E-state index contributed by atoms with van der Waals surface area (Å²) >= 11 is 0. The highest BCUT2D eigenvalue weighted by Crippen LogP contribution is 2.33. The Morgan fingerprint density at radius 1 is 1.09 bits per heavy atom. The quantitative estimate of drug-likeness (QED) is 0.657. The minimum absolute atomic E-state index is 0.187. The Morgan fingerprint density at radius 3 is 2.77 bits per heavy atom. The molecule has 4 rings (SSSR count).